The van der Waals surface area contributed by atoms with E-state index in [1.807, 2.05) is 0 Å². The number of aryl methyl sites for hydroxylation is 1. The summed E-state index contributed by atoms with van der Waals surface area (Å²) in [5, 5.41) is 0. The molecule has 4 N–H and O–H groups in total. The molecule has 1 rings (SSSR count). The molecule has 0 bridgehead atoms. The minimum Gasteiger partial charge on any atom is -0.368 e. The highest BCUT2D eigenvalue weighted by molar-refractivity contribution is 5.79. The highest BCUT2D eigenvalue weighted by Gasteiger charge is 2.31. The lowest BCUT2D eigenvalue weighted by Gasteiger charge is -2.12. The van der Waals surface area contributed by atoms with Crippen molar-refractivity contribution in [3.63, 3.8) is 0 Å². The molecule has 0 saturated heterocycles. The summed E-state index contributed by atoms with van der Waals surface area (Å²) in [6, 6.07) is 2.60. The van der Waals surface area contributed by atoms with E-state index in [0.717, 1.165) is 12.1 Å². The van der Waals surface area contributed by atoms with Gasteiger partial charge in [-0.1, -0.05) is 11.6 Å². The summed E-state index contributed by atoms with van der Waals surface area (Å²) in [6.07, 6.45) is -4.41. The third kappa shape index (κ3) is 3.74. The number of carbonyl (C=O) groups excluding carboxylic acids is 1. The van der Waals surface area contributed by atoms with Gasteiger partial charge >= 0.3 is 6.18 Å². The van der Waals surface area contributed by atoms with Crippen molar-refractivity contribution >= 4 is 5.91 Å². The topological polar surface area (TPSA) is 69.1 Å². The summed E-state index contributed by atoms with van der Waals surface area (Å²) >= 11 is 0. The lowest BCUT2D eigenvalue weighted by molar-refractivity contribution is -0.137. The van der Waals surface area contributed by atoms with Crippen molar-refractivity contribution in [1.29, 1.82) is 0 Å². The van der Waals surface area contributed by atoms with Crippen LogP contribution in [0.25, 0.3) is 0 Å². The summed E-state index contributed by atoms with van der Waals surface area (Å²) in [5.41, 5.74) is 10.4. The maximum atomic E-state index is 12.5. The summed E-state index contributed by atoms with van der Waals surface area (Å²) < 4.78 is 37.6. The molecule has 0 aliphatic rings. The average Bonchev–Trinajstić information content (AvgIpc) is 2.15. The first-order valence-electron chi connectivity index (χ1n) is 4.93. The van der Waals surface area contributed by atoms with Gasteiger partial charge in [-0.3, -0.25) is 4.79 Å². The standard InChI is InChI=1S/C11H13F3N2O/c1-6-2-7(5-9(15)10(16)17)4-8(3-6)11(12,13)14/h2-4,9H,5,15H2,1H3,(H2,16,17). The van der Waals surface area contributed by atoms with Crippen LogP contribution in [0.4, 0.5) is 13.2 Å². The second kappa shape index (κ2) is 4.75. The first-order valence-corrected chi connectivity index (χ1v) is 4.93. The normalized spacial score (nSPS) is 13.5. The van der Waals surface area contributed by atoms with E-state index in [0.29, 0.717) is 11.1 Å². The number of hydrogen-bond acceptors (Lipinski definition) is 2. The zero-order valence-electron chi connectivity index (χ0n) is 9.21. The maximum absolute atomic E-state index is 12.5. The number of rotatable bonds is 3. The van der Waals surface area contributed by atoms with Gasteiger partial charge in [0.1, 0.15) is 0 Å². The molecule has 17 heavy (non-hydrogen) atoms. The number of carbonyl (C=O) groups is 1. The van der Waals surface area contributed by atoms with E-state index in [1.165, 1.54) is 0 Å². The summed E-state index contributed by atoms with van der Waals surface area (Å²) in [4.78, 5) is 10.7. The fraction of sp³-hybridized carbons (Fsp3) is 0.364. The Morgan fingerprint density at radius 3 is 2.41 bits per heavy atom. The van der Waals surface area contributed by atoms with E-state index in [1.54, 1.807) is 13.0 Å². The monoisotopic (exact) mass is 246 g/mol. The zero-order chi connectivity index (χ0) is 13.2. The molecule has 94 valence electrons. The van der Waals surface area contributed by atoms with Gasteiger partial charge in [-0.25, -0.2) is 0 Å². The first kappa shape index (κ1) is 13.5. The second-order valence-corrected chi connectivity index (χ2v) is 3.92. The van der Waals surface area contributed by atoms with Crippen LogP contribution in [0.5, 0.6) is 0 Å². The molecular formula is C11H13F3N2O. The average molecular weight is 246 g/mol. The molecule has 0 aromatic heterocycles. The number of alkyl halides is 3. The van der Waals surface area contributed by atoms with Gasteiger partial charge < -0.3 is 11.5 Å². The molecule has 0 heterocycles. The van der Waals surface area contributed by atoms with Crippen molar-refractivity contribution in [2.45, 2.75) is 25.6 Å². The van der Waals surface area contributed by atoms with E-state index >= 15 is 0 Å². The molecule has 0 saturated carbocycles. The van der Waals surface area contributed by atoms with Crippen LogP contribution >= 0.6 is 0 Å². The number of halogens is 3. The minimum atomic E-state index is -4.41. The molecule has 1 amide bonds. The number of benzene rings is 1. The Morgan fingerprint density at radius 2 is 1.94 bits per heavy atom. The fourth-order valence-corrected chi connectivity index (χ4v) is 1.50. The van der Waals surface area contributed by atoms with Gasteiger partial charge in [-0.2, -0.15) is 13.2 Å². The van der Waals surface area contributed by atoms with Crippen LogP contribution < -0.4 is 11.5 Å². The van der Waals surface area contributed by atoms with E-state index in [-0.39, 0.29) is 6.42 Å². The van der Waals surface area contributed by atoms with Crippen LogP contribution in [0.15, 0.2) is 18.2 Å². The van der Waals surface area contributed by atoms with Gasteiger partial charge in [-0.05, 0) is 31.0 Å². The van der Waals surface area contributed by atoms with Crippen molar-refractivity contribution < 1.29 is 18.0 Å². The third-order valence-electron chi connectivity index (χ3n) is 2.29. The molecule has 0 spiro atoms. The molecule has 0 aliphatic heterocycles. The molecule has 1 unspecified atom stereocenters. The number of primary amides is 1. The third-order valence-corrected chi connectivity index (χ3v) is 2.29. The lowest BCUT2D eigenvalue weighted by atomic mass is 10.0. The molecule has 0 radical (unpaired) electrons. The Bertz CT molecular complexity index is 429. The Hall–Kier alpha value is -1.56. The number of nitrogens with two attached hydrogens (primary N) is 2. The van der Waals surface area contributed by atoms with Gasteiger partial charge in [0.15, 0.2) is 0 Å². The van der Waals surface area contributed by atoms with Crippen LogP contribution in [-0.4, -0.2) is 11.9 Å². The molecule has 1 aromatic carbocycles. The van der Waals surface area contributed by atoms with E-state index in [9.17, 15) is 18.0 Å². The molecule has 1 aromatic rings. The molecule has 1 atom stereocenters. The van der Waals surface area contributed by atoms with Crippen molar-refractivity contribution in [3.05, 3.63) is 34.9 Å². The molecule has 3 nitrogen and oxygen atoms in total. The number of amides is 1. The Morgan fingerprint density at radius 1 is 1.35 bits per heavy atom. The van der Waals surface area contributed by atoms with E-state index in [4.69, 9.17) is 11.5 Å². The fourth-order valence-electron chi connectivity index (χ4n) is 1.50. The maximum Gasteiger partial charge on any atom is 0.416 e. The van der Waals surface area contributed by atoms with Crippen LogP contribution in [-0.2, 0) is 17.4 Å². The predicted octanol–water partition coefficient (Wildman–Crippen LogP) is 1.37. The second-order valence-electron chi connectivity index (χ2n) is 3.92. The van der Waals surface area contributed by atoms with Crippen LogP contribution in [0.2, 0.25) is 0 Å². The van der Waals surface area contributed by atoms with Gasteiger partial charge in [0, 0.05) is 0 Å². The predicted molar refractivity (Wildman–Crippen MR) is 57.1 cm³/mol. The minimum absolute atomic E-state index is 0.0000926. The van der Waals surface area contributed by atoms with E-state index in [2.05, 4.69) is 0 Å². The highest BCUT2D eigenvalue weighted by Crippen LogP contribution is 2.30. The first-order chi connectivity index (χ1) is 7.70. The van der Waals surface area contributed by atoms with Gasteiger partial charge in [0.2, 0.25) is 5.91 Å². The van der Waals surface area contributed by atoms with E-state index < -0.39 is 23.7 Å². The van der Waals surface area contributed by atoms with Crippen LogP contribution in [0, 0.1) is 6.92 Å². The van der Waals surface area contributed by atoms with Crippen LogP contribution in [0.3, 0.4) is 0 Å². The largest absolute Gasteiger partial charge is 0.416 e. The van der Waals surface area contributed by atoms with Crippen LogP contribution in [0.1, 0.15) is 16.7 Å². The highest BCUT2D eigenvalue weighted by atomic mass is 19.4. The molecular weight excluding hydrogens is 233 g/mol. The summed E-state index contributed by atoms with van der Waals surface area (Å²) in [6.45, 7) is 1.55. The molecule has 6 heteroatoms. The summed E-state index contributed by atoms with van der Waals surface area (Å²) in [5.74, 6) is -0.736. The summed E-state index contributed by atoms with van der Waals surface area (Å²) in [7, 11) is 0. The Balaban J connectivity index is 3.02. The quantitative estimate of drug-likeness (QED) is 0.845. The van der Waals surface area contributed by atoms with Gasteiger partial charge in [0.05, 0.1) is 11.6 Å². The van der Waals surface area contributed by atoms with Crippen molar-refractivity contribution in [1.82, 2.24) is 0 Å². The van der Waals surface area contributed by atoms with Crippen molar-refractivity contribution in [2.75, 3.05) is 0 Å². The lowest BCUT2D eigenvalue weighted by Crippen LogP contribution is -2.38. The van der Waals surface area contributed by atoms with Gasteiger partial charge in [-0.15, -0.1) is 0 Å². The number of hydrogen-bond donors (Lipinski definition) is 2. The van der Waals surface area contributed by atoms with Crippen molar-refractivity contribution in [3.8, 4) is 0 Å². The van der Waals surface area contributed by atoms with Crippen molar-refractivity contribution in [2.24, 2.45) is 11.5 Å². The smallest absolute Gasteiger partial charge is 0.368 e. The van der Waals surface area contributed by atoms with Gasteiger partial charge in [0.25, 0.3) is 0 Å². The Kier molecular flexibility index (Phi) is 3.77. The molecule has 0 fully saturated rings. The SMILES string of the molecule is Cc1cc(CC(N)C(N)=O)cc(C(F)(F)F)c1. The zero-order valence-corrected chi connectivity index (χ0v) is 9.21. The molecule has 0 aliphatic carbocycles. The Labute approximate surface area is 96.6 Å².